The van der Waals surface area contributed by atoms with Gasteiger partial charge in [-0.3, -0.25) is 9.44 Å². The topological polar surface area (TPSA) is 92.3 Å². The van der Waals surface area contributed by atoms with Crippen LogP contribution in [0.3, 0.4) is 0 Å². The lowest BCUT2D eigenvalue weighted by Gasteiger charge is -2.12. The third-order valence-electron chi connectivity index (χ3n) is 3.88. The first-order valence-electron chi connectivity index (χ1n) is 8.14. The Hall–Kier alpha value is -2.36. The van der Waals surface area contributed by atoms with E-state index < -0.39 is 20.0 Å². The number of nitrogens with one attached hydrogen (secondary N) is 2. The fourth-order valence-electron chi connectivity index (χ4n) is 2.50. The highest BCUT2D eigenvalue weighted by Gasteiger charge is 2.19. The maximum absolute atomic E-state index is 12.6. The van der Waals surface area contributed by atoms with Crippen LogP contribution >= 0.6 is 15.9 Å². The maximum atomic E-state index is 12.6. The van der Waals surface area contributed by atoms with E-state index in [1.54, 1.807) is 49.4 Å². The molecule has 0 saturated heterocycles. The molecular formula is C19H17BrN2O4S2. The molecule has 2 N–H and O–H groups in total. The predicted molar refractivity (Wildman–Crippen MR) is 113 cm³/mol. The average molecular weight is 481 g/mol. The summed E-state index contributed by atoms with van der Waals surface area (Å²) < 4.78 is 55.7. The van der Waals surface area contributed by atoms with Gasteiger partial charge in [0.1, 0.15) is 0 Å². The first-order valence-corrected chi connectivity index (χ1v) is 11.9. The highest BCUT2D eigenvalue weighted by Crippen LogP contribution is 2.24. The summed E-state index contributed by atoms with van der Waals surface area (Å²) in [5.74, 6) is 0. The number of benzene rings is 3. The second-order valence-corrected chi connectivity index (χ2v) is 10.3. The number of para-hydroxylation sites is 1. The smallest absolute Gasteiger partial charge is 0.262 e. The first-order chi connectivity index (χ1) is 13.2. The van der Waals surface area contributed by atoms with Gasteiger partial charge in [0.25, 0.3) is 20.0 Å². The third-order valence-corrected chi connectivity index (χ3v) is 7.30. The molecule has 0 saturated carbocycles. The molecular weight excluding hydrogens is 464 g/mol. The van der Waals surface area contributed by atoms with Crippen LogP contribution in [0.25, 0.3) is 0 Å². The molecule has 0 bridgehead atoms. The van der Waals surface area contributed by atoms with E-state index in [1.165, 1.54) is 30.3 Å². The van der Waals surface area contributed by atoms with Crippen molar-refractivity contribution in [2.45, 2.75) is 16.7 Å². The Balaban J connectivity index is 1.82. The van der Waals surface area contributed by atoms with Crippen molar-refractivity contribution in [1.82, 2.24) is 0 Å². The molecule has 0 heterocycles. The molecule has 0 aliphatic heterocycles. The summed E-state index contributed by atoms with van der Waals surface area (Å²) in [6.45, 7) is 1.70. The Morgan fingerprint density at radius 1 is 0.714 bits per heavy atom. The van der Waals surface area contributed by atoms with Gasteiger partial charge < -0.3 is 0 Å². The van der Waals surface area contributed by atoms with Gasteiger partial charge in [0.15, 0.2) is 0 Å². The SMILES string of the molecule is Cc1ccc(Br)cc1S(=O)(=O)Nc1ccc(S(=O)(=O)Nc2ccccc2)cc1. The predicted octanol–water partition coefficient (Wildman–Crippen LogP) is 4.36. The van der Waals surface area contributed by atoms with Crippen LogP contribution in [-0.2, 0) is 20.0 Å². The minimum absolute atomic E-state index is 0.0259. The van der Waals surface area contributed by atoms with E-state index in [1.807, 2.05) is 0 Å². The number of sulfonamides is 2. The van der Waals surface area contributed by atoms with E-state index in [0.717, 1.165) is 0 Å². The largest absolute Gasteiger partial charge is 0.280 e. The molecule has 0 unspecified atom stereocenters. The van der Waals surface area contributed by atoms with Crippen LogP contribution in [0.5, 0.6) is 0 Å². The zero-order valence-electron chi connectivity index (χ0n) is 14.8. The molecule has 0 amide bonds. The summed E-state index contributed by atoms with van der Waals surface area (Å²) in [5.41, 5.74) is 1.30. The molecule has 3 aromatic carbocycles. The van der Waals surface area contributed by atoms with Gasteiger partial charge in [0.05, 0.1) is 9.79 Å². The van der Waals surface area contributed by atoms with E-state index in [2.05, 4.69) is 25.4 Å². The fraction of sp³-hybridized carbons (Fsp3) is 0.0526. The van der Waals surface area contributed by atoms with Crippen molar-refractivity contribution in [3.05, 3.63) is 82.8 Å². The van der Waals surface area contributed by atoms with Crippen LogP contribution < -0.4 is 9.44 Å². The molecule has 0 spiro atoms. The monoisotopic (exact) mass is 480 g/mol. The third kappa shape index (κ3) is 4.73. The van der Waals surface area contributed by atoms with Crippen molar-refractivity contribution < 1.29 is 16.8 Å². The summed E-state index contributed by atoms with van der Waals surface area (Å²) in [6, 6.07) is 19.0. The normalized spacial score (nSPS) is 11.8. The summed E-state index contributed by atoms with van der Waals surface area (Å²) in [6.07, 6.45) is 0. The Morgan fingerprint density at radius 3 is 1.93 bits per heavy atom. The van der Waals surface area contributed by atoms with Crippen LogP contribution in [0.4, 0.5) is 11.4 Å². The molecule has 0 aromatic heterocycles. The zero-order valence-corrected chi connectivity index (χ0v) is 18.0. The second kappa shape index (κ2) is 7.94. The van der Waals surface area contributed by atoms with E-state index in [0.29, 0.717) is 15.7 Å². The zero-order chi connectivity index (χ0) is 20.4. The Labute approximate surface area is 172 Å². The molecule has 6 nitrogen and oxygen atoms in total. The minimum atomic E-state index is -3.81. The number of rotatable bonds is 6. The first kappa shape index (κ1) is 20.4. The van der Waals surface area contributed by atoms with Crippen LogP contribution in [0.15, 0.2) is 87.1 Å². The Bertz CT molecular complexity index is 1190. The molecule has 0 radical (unpaired) electrons. The quantitative estimate of drug-likeness (QED) is 0.547. The highest BCUT2D eigenvalue weighted by molar-refractivity contribution is 9.10. The highest BCUT2D eigenvalue weighted by atomic mass is 79.9. The summed E-state index contributed by atoms with van der Waals surface area (Å²) in [4.78, 5) is 0.169. The standard InChI is InChI=1S/C19H17BrN2O4S2/c1-14-7-8-15(20)13-19(14)28(25,26)22-17-9-11-18(12-10-17)27(23,24)21-16-5-3-2-4-6-16/h2-13,21-22H,1H3. The Morgan fingerprint density at radius 2 is 1.29 bits per heavy atom. The number of aryl methyl sites for hydroxylation is 1. The lowest BCUT2D eigenvalue weighted by Crippen LogP contribution is -2.15. The molecule has 146 valence electrons. The second-order valence-electron chi connectivity index (χ2n) is 6.01. The van der Waals surface area contributed by atoms with E-state index in [-0.39, 0.29) is 15.5 Å². The van der Waals surface area contributed by atoms with Crippen molar-refractivity contribution in [2.24, 2.45) is 0 Å². The van der Waals surface area contributed by atoms with Crippen molar-refractivity contribution in [3.8, 4) is 0 Å². The van der Waals surface area contributed by atoms with Gasteiger partial charge in [-0.05, 0) is 61.0 Å². The van der Waals surface area contributed by atoms with Crippen LogP contribution in [-0.4, -0.2) is 16.8 Å². The van der Waals surface area contributed by atoms with Gasteiger partial charge in [-0.15, -0.1) is 0 Å². The molecule has 0 atom stereocenters. The molecule has 0 aliphatic carbocycles. The van der Waals surface area contributed by atoms with Crippen molar-refractivity contribution in [3.63, 3.8) is 0 Å². The van der Waals surface area contributed by atoms with Gasteiger partial charge in [-0.2, -0.15) is 0 Å². The minimum Gasteiger partial charge on any atom is -0.280 e. The van der Waals surface area contributed by atoms with Crippen LogP contribution in [0.1, 0.15) is 5.56 Å². The van der Waals surface area contributed by atoms with Gasteiger partial charge in [0, 0.05) is 15.8 Å². The number of hydrogen-bond donors (Lipinski definition) is 2. The lowest BCUT2D eigenvalue weighted by molar-refractivity contribution is 0.599. The van der Waals surface area contributed by atoms with Crippen LogP contribution in [0, 0.1) is 6.92 Å². The van der Waals surface area contributed by atoms with Crippen molar-refractivity contribution in [2.75, 3.05) is 9.44 Å². The molecule has 3 rings (SSSR count). The summed E-state index contributed by atoms with van der Waals surface area (Å²) in [5, 5.41) is 0. The fourth-order valence-corrected chi connectivity index (χ4v) is 5.40. The average Bonchev–Trinajstić information content (AvgIpc) is 2.64. The van der Waals surface area contributed by atoms with Crippen LogP contribution in [0.2, 0.25) is 0 Å². The molecule has 28 heavy (non-hydrogen) atoms. The van der Waals surface area contributed by atoms with Crippen molar-refractivity contribution in [1.29, 1.82) is 0 Å². The lowest BCUT2D eigenvalue weighted by atomic mass is 10.2. The summed E-state index contributed by atoms with van der Waals surface area (Å²) >= 11 is 3.27. The Kier molecular flexibility index (Phi) is 5.78. The van der Waals surface area contributed by atoms with E-state index >= 15 is 0 Å². The number of hydrogen-bond acceptors (Lipinski definition) is 4. The molecule has 0 fully saturated rings. The molecule has 9 heteroatoms. The van der Waals surface area contributed by atoms with E-state index in [4.69, 9.17) is 0 Å². The maximum Gasteiger partial charge on any atom is 0.262 e. The van der Waals surface area contributed by atoms with Gasteiger partial charge >= 0.3 is 0 Å². The number of halogens is 1. The number of anilines is 2. The van der Waals surface area contributed by atoms with Gasteiger partial charge in [-0.25, -0.2) is 16.8 Å². The molecule has 3 aromatic rings. The van der Waals surface area contributed by atoms with Crippen molar-refractivity contribution >= 4 is 47.4 Å². The van der Waals surface area contributed by atoms with Gasteiger partial charge in [0.2, 0.25) is 0 Å². The summed E-state index contributed by atoms with van der Waals surface area (Å²) in [7, 11) is -7.58. The van der Waals surface area contributed by atoms with E-state index in [9.17, 15) is 16.8 Å². The molecule has 0 aliphatic rings. The van der Waals surface area contributed by atoms with Gasteiger partial charge in [-0.1, -0.05) is 40.2 Å².